The molecule has 98 valence electrons. The van der Waals surface area contributed by atoms with Crippen molar-refractivity contribution in [1.82, 2.24) is 0 Å². The molecular formula is C13H18BrN3O. The highest BCUT2D eigenvalue weighted by atomic mass is 79.9. The van der Waals surface area contributed by atoms with Crippen LogP contribution in [0.5, 0.6) is 0 Å². The molecule has 1 aliphatic rings. The molecule has 1 amide bonds. The van der Waals surface area contributed by atoms with Gasteiger partial charge in [0.1, 0.15) is 0 Å². The summed E-state index contributed by atoms with van der Waals surface area (Å²) in [5, 5.41) is 3.12. The van der Waals surface area contributed by atoms with E-state index in [4.69, 9.17) is 5.73 Å². The van der Waals surface area contributed by atoms with Gasteiger partial charge in [0.25, 0.3) is 0 Å². The number of fused-ring (bicyclic) bond motifs is 1. The van der Waals surface area contributed by atoms with Crippen molar-refractivity contribution in [1.29, 1.82) is 0 Å². The highest BCUT2D eigenvalue weighted by Crippen LogP contribution is 2.32. The van der Waals surface area contributed by atoms with Crippen molar-refractivity contribution < 1.29 is 4.79 Å². The van der Waals surface area contributed by atoms with Gasteiger partial charge in [-0.15, -0.1) is 0 Å². The van der Waals surface area contributed by atoms with Crippen molar-refractivity contribution in [2.45, 2.75) is 25.8 Å². The van der Waals surface area contributed by atoms with E-state index in [1.807, 2.05) is 36.9 Å². The quantitative estimate of drug-likeness (QED) is 0.900. The molecule has 0 aromatic heterocycles. The molecule has 1 aliphatic heterocycles. The lowest BCUT2D eigenvalue weighted by atomic mass is 10.0. The maximum absolute atomic E-state index is 12.0. The summed E-state index contributed by atoms with van der Waals surface area (Å²) in [5.41, 5.74) is 7.63. The van der Waals surface area contributed by atoms with E-state index in [1.165, 1.54) is 0 Å². The van der Waals surface area contributed by atoms with Gasteiger partial charge >= 0.3 is 0 Å². The third kappa shape index (κ3) is 3.03. The van der Waals surface area contributed by atoms with E-state index in [9.17, 15) is 4.79 Å². The van der Waals surface area contributed by atoms with Gasteiger partial charge in [-0.3, -0.25) is 4.79 Å². The standard InChI is InChI=1S/C13H18BrN3O/c1-13(2,15)5-6-17-11-7-9(14)3-4-10(11)16-8-12(17)18/h3-4,7,16H,5-6,8,15H2,1-2H3. The third-order valence-corrected chi connectivity index (χ3v) is 3.45. The molecule has 0 aliphatic carbocycles. The monoisotopic (exact) mass is 311 g/mol. The Balaban J connectivity index is 2.24. The van der Waals surface area contributed by atoms with Crippen LogP contribution in [-0.4, -0.2) is 24.5 Å². The molecule has 0 fully saturated rings. The van der Waals surface area contributed by atoms with Gasteiger partial charge in [0.2, 0.25) is 5.91 Å². The minimum atomic E-state index is -0.267. The van der Waals surface area contributed by atoms with E-state index in [-0.39, 0.29) is 11.4 Å². The van der Waals surface area contributed by atoms with Crippen LogP contribution in [0.3, 0.4) is 0 Å². The minimum Gasteiger partial charge on any atom is -0.374 e. The normalized spacial score (nSPS) is 15.3. The van der Waals surface area contributed by atoms with Crippen LogP contribution in [0.25, 0.3) is 0 Å². The summed E-state index contributed by atoms with van der Waals surface area (Å²) in [6.07, 6.45) is 0.769. The first-order valence-corrected chi connectivity index (χ1v) is 6.79. The van der Waals surface area contributed by atoms with E-state index in [2.05, 4.69) is 21.2 Å². The molecule has 18 heavy (non-hydrogen) atoms. The maximum atomic E-state index is 12.0. The van der Waals surface area contributed by atoms with Gasteiger partial charge in [0.05, 0.1) is 17.9 Å². The van der Waals surface area contributed by atoms with Crippen LogP contribution in [0, 0.1) is 0 Å². The van der Waals surface area contributed by atoms with E-state index >= 15 is 0 Å². The first-order chi connectivity index (χ1) is 8.37. The number of nitrogens with one attached hydrogen (secondary N) is 1. The largest absolute Gasteiger partial charge is 0.374 e. The smallest absolute Gasteiger partial charge is 0.246 e. The molecule has 0 unspecified atom stereocenters. The Kier molecular flexibility index (Phi) is 3.64. The van der Waals surface area contributed by atoms with Crippen LogP contribution in [0.2, 0.25) is 0 Å². The molecule has 3 N–H and O–H groups in total. The van der Waals surface area contributed by atoms with Crippen molar-refractivity contribution in [3.8, 4) is 0 Å². The number of benzene rings is 1. The number of halogens is 1. The zero-order valence-corrected chi connectivity index (χ0v) is 12.3. The number of rotatable bonds is 3. The number of anilines is 2. The topological polar surface area (TPSA) is 58.4 Å². The van der Waals surface area contributed by atoms with Crippen LogP contribution in [-0.2, 0) is 4.79 Å². The molecule has 0 saturated heterocycles. The lowest BCUT2D eigenvalue weighted by Crippen LogP contribution is -2.44. The Morgan fingerprint density at radius 3 is 2.89 bits per heavy atom. The highest BCUT2D eigenvalue weighted by Gasteiger charge is 2.25. The molecule has 4 nitrogen and oxygen atoms in total. The number of carbonyl (C=O) groups is 1. The summed E-state index contributed by atoms with van der Waals surface area (Å²) in [6, 6.07) is 5.90. The van der Waals surface area contributed by atoms with Gasteiger partial charge in [0.15, 0.2) is 0 Å². The lowest BCUT2D eigenvalue weighted by molar-refractivity contribution is -0.117. The number of hydrogen-bond acceptors (Lipinski definition) is 3. The Morgan fingerprint density at radius 1 is 1.50 bits per heavy atom. The molecule has 0 spiro atoms. The van der Waals surface area contributed by atoms with E-state index < -0.39 is 0 Å². The molecule has 5 heteroatoms. The van der Waals surface area contributed by atoms with Crippen molar-refractivity contribution >= 4 is 33.2 Å². The van der Waals surface area contributed by atoms with E-state index in [0.29, 0.717) is 13.1 Å². The number of nitrogens with zero attached hydrogens (tertiary/aromatic N) is 1. The highest BCUT2D eigenvalue weighted by molar-refractivity contribution is 9.10. The van der Waals surface area contributed by atoms with Crippen molar-refractivity contribution in [2.75, 3.05) is 23.3 Å². The molecule has 2 rings (SSSR count). The first-order valence-electron chi connectivity index (χ1n) is 5.99. The van der Waals surface area contributed by atoms with Crippen molar-refractivity contribution in [2.24, 2.45) is 5.73 Å². The second-order valence-electron chi connectivity index (χ2n) is 5.30. The predicted octanol–water partition coefficient (Wildman–Crippen LogP) is 2.33. The van der Waals surface area contributed by atoms with E-state index in [1.54, 1.807) is 0 Å². The number of carbonyl (C=O) groups excluding carboxylic acids is 1. The zero-order chi connectivity index (χ0) is 13.3. The summed E-state index contributed by atoms with van der Waals surface area (Å²) in [6.45, 7) is 4.94. The number of hydrogen-bond donors (Lipinski definition) is 2. The average molecular weight is 312 g/mol. The summed E-state index contributed by atoms with van der Waals surface area (Å²) in [7, 11) is 0. The Labute approximate surface area is 116 Å². The van der Waals surface area contributed by atoms with Gasteiger partial charge in [0, 0.05) is 16.6 Å². The fourth-order valence-corrected chi connectivity index (χ4v) is 2.27. The average Bonchev–Trinajstić information content (AvgIpc) is 2.26. The summed E-state index contributed by atoms with van der Waals surface area (Å²) >= 11 is 3.44. The van der Waals surface area contributed by atoms with Crippen LogP contribution >= 0.6 is 15.9 Å². The fraction of sp³-hybridized carbons (Fsp3) is 0.462. The third-order valence-electron chi connectivity index (χ3n) is 2.96. The summed E-state index contributed by atoms with van der Waals surface area (Å²) in [4.78, 5) is 13.8. The molecule has 0 bridgehead atoms. The maximum Gasteiger partial charge on any atom is 0.246 e. The molecule has 1 heterocycles. The minimum absolute atomic E-state index is 0.0878. The van der Waals surface area contributed by atoms with Crippen molar-refractivity contribution in [3.63, 3.8) is 0 Å². The Bertz CT molecular complexity index is 468. The fourth-order valence-electron chi connectivity index (χ4n) is 1.92. The van der Waals surface area contributed by atoms with Crippen LogP contribution < -0.4 is 16.0 Å². The number of amides is 1. The zero-order valence-electron chi connectivity index (χ0n) is 10.7. The van der Waals surface area contributed by atoms with Gasteiger partial charge in [-0.2, -0.15) is 0 Å². The van der Waals surface area contributed by atoms with Gasteiger partial charge in [-0.1, -0.05) is 15.9 Å². The van der Waals surface area contributed by atoms with Crippen molar-refractivity contribution in [3.05, 3.63) is 22.7 Å². The summed E-state index contributed by atoms with van der Waals surface area (Å²) in [5.74, 6) is 0.0878. The van der Waals surface area contributed by atoms with Crippen LogP contribution in [0.15, 0.2) is 22.7 Å². The van der Waals surface area contributed by atoms with E-state index in [0.717, 1.165) is 22.3 Å². The SMILES string of the molecule is CC(C)(N)CCN1C(=O)CNc2ccc(Br)cc21. The predicted molar refractivity (Wildman–Crippen MR) is 77.9 cm³/mol. The molecule has 0 radical (unpaired) electrons. The second kappa shape index (κ2) is 4.90. The van der Waals surface area contributed by atoms with Crippen LogP contribution in [0.1, 0.15) is 20.3 Å². The number of nitrogens with two attached hydrogens (primary N) is 1. The van der Waals surface area contributed by atoms with Gasteiger partial charge < -0.3 is 16.0 Å². The first kappa shape index (κ1) is 13.4. The Hall–Kier alpha value is -1.07. The molecule has 1 aromatic rings. The molecule has 1 aromatic carbocycles. The Morgan fingerprint density at radius 2 is 2.22 bits per heavy atom. The van der Waals surface area contributed by atoms with Gasteiger partial charge in [-0.25, -0.2) is 0 Å². The summed E-state index contributed by atoms with van der Waals surface area (Å²) < 4.78 is 0.967. The lowest BCUT2D eigenvalue weighted by Gasteiger charge is -2.32. The second-order valence-corrected chi connectivity index (χ2v) is 6.21. The molecular weight excluding hydrogens is 294 g/mol. The van der Waals surface area contributed by atoms with Crippen LogP contribution in [0.4, 0.5) is 11.4 Å². The molecule has 0 saturated carbocycles. The molecule has 0 atom stereocenters. The van der Waals surface area contributed by atoms with Gasteiger partial charge in [-0.05, 0) is 38.5 Å².